The van der Waals surface area contributed by atoms with Crippen LogP contribution in [0, 0.1) is 16.0 Å². The quantitative estimate of drug-likeness (QED) is 0.269. The highest BCUT2D eigenvalue weighted by molar-refractivity contribution is 5.88. The smallest absolute Gasteiger partial charge is 0.311 e. The van der Waals surface area contributed by atoms with E-state index in [4.69, 9.17) is 4.74 Å². The number of nitro groups is 1. The molecule has 1 atom stereocenters. The Kier molecular flexibility index (Phi) is 7.21. The summed E-state index contributed by atoms with van der Waals surface area (Å²) in [5.74, 6) is -1.45. The van der Waals surface area contributed by atoms with E-state index in [-0.39, 0.29) is 30.7 Å². The Balaban J connectivity index is 1.31. The molecule has 1 aromatic carbocycles. The summed E-state index contributed by atoms with van der Waals surface area (Å²) in [5, 5.41) is 16.3. The molecule has 1 aliphatic heterocycles. The van der Waals surface area contributed by atoms with Gasteiger partial charge in [0.1, 0.15) is 0 Å². The van der Waals surface area contributed by atoms with Crippen molar-refractivity contribution in [3.8, 4) is 0 Å². The minimum absolute atomic E-state index is 0.00555. The lowest BCUT2D eigenvalue weighted by Crippen LogP contribution is -2.36. The van der Waals surface area contributed by atoms with E-state index in [0.717, 1.165) is 25.7 Å². The number of ether oxygens (including phenoxy) is 1. The Morgan fingerprint density at radius 1 is 1.17 bits per heavy atom. The Hall–Kier alpha value is -3.17. The van der Waals surface area contributed by atoms with E-state index in [1.807, 2.05) is 0 Å². The van der Waals surface area contributed by atoms with Gasteiger partial charge in [0.15, 0.2) is 6.61 Å². The predicted molar refractivity (Wildman–Crippen MR) is 108 cm³/mol. The summed E-state index contributed by atoms with van der Waals surface area (Å²) in [4.78, 5) is 48.2. The number of nitrogens with zero attached hydrogens (tertiary/aromatic N) is 2. The fraction of sp³-hybridized carbons (Fsp3) is 0.550. The van der Waals surface area contributed by atoms with Crippen LogP contribution in [0.25, 0.3) is 0 Å². The lowest BCUT2D eigenvalue weighted by molar-refractivity contribution is -0.384. The molecule has 1 aromatic rings. The maximum atomic E-state index is 12.2. The first-order chi connectivity index (χ1) is 14.4. The Morgan fingerprint density at radius 3 is 2.53 bits per heavy atom. The first kappa shape index (κ1) is 21.5. The molecule has 2 N–H and O–H groups in total. The maximum absolute atomic E-state index is 12.2. The Labute approximate surface area is 174 Å². The van der Waals surface area contributed by atoms with Crippen molar-refractivity contribution in [3.63, 3.8) is 0 Å². The highest BCUT2D eigenvalue weighted by Crippen LogP contribution is 2.29. The van der Waals surface area contributed by atoms with Crippen molar-refractivity contribution in [3.05, 3.63) is 34.4 Å². The Morgan fingerprint density at radius 2 is 1.87 bits per heavy atom. The first-order valence-electron chi connectivity index (χ1n) is 10.1. The molecule has 1 heterocycles. The van der Waals surface area contributed by atoms with Gasteiger partial charge in [-0.25, -0.2) is 0 Å². The minimum Gasteiger partial charge on any atom is -0.455 e. The number of esters is 1. The van der Waals surface area contributed by atoms with Gasteiger partial charge in [0.05, 0.1) is 10.8 Å². The summed E-state index contributed by atoms with van der Waals surface area (Å²) in [7, 11) is 0. The van der Waals surface area contributed by atoms with Gasteiger partial charge in [-0.3, -0.25) is 24.5 Å². The molecule has 3 rings (SSSR count). The second kappa shape index (κ2) is 10.0. The van der Waals surface area contributed by atoms with Crippen LogP contribution in [0.1, 0.15) is 32.1 Å². The average Bonchev–Trinajstić information content (AvgIpc) is 3.39. The first-order valence-corrected chi connectivity index (χ1v) is 10.1. The van der Waals surface area contributed by atoms with Gasteiger partial charge in [-0.05, 0) is 25.0 Å². The molecule has 0 unspecified atom stereocenters. The number of non-ortho nitro benzene ring substituents is 1. The fourth-order valence-corrected chi connectivity index (χ4v) is 3.87. The average molecular weight is 418 g/mol. The van der Waals surface area contributed by atoms with Crippen LogP contribution < -0.4 is 10.6 Å². The normalized spacial score (nSPS) is 19.0. The van der Waals surface area contributed by atoms with Crippen LogP contribution in [0.4, 0.5) is 11.4 Å². The highest BCUT2D eigenvalue weighted by atomic mass is 16.6. The van der Waals surface area contributed by atoms with E-state index in [0.29, 0.717) is 25.3 Å². The fourth-order valence-electron chi connectivity index (χ4n) is 3.87. The van der Waals surface area contributed by atoms with Crippen molar-refractivity contribution in [2.24, 2.45) is 5.92 Å². The molecule has 10 heteroatoms. The van der Waals surface area contributed by atoms with Crippen molar-refractivity contribution in [2.75, 3.05) is 31.6 Å². The molecular weight excluding hydrogens is 392 g/mol. The van der Waals surface area contributed by atoms with E-state index in [2.05, 4.69) is 10.6 Å². The van der Waals surface area contributed by atoms with Crippen molar-refractivity contribution in [2.45, 2.75) is 38.1 Å². The van der Waals surface area contributed by atoms with Crippen molar-refractivity contribution in [1.29, 1.82) is 0 Å². The van der Waals surface area contributed by atoms with E-state index in [1.165, 1.54) is 12.1 Å². The van der Waals surface area contributed by atoms with Crippen LogP contribution in [-0.2, 0) is 19.1 Å². The number of anilines is 1. The number of carbonyl (C=O) groups is 3. The third-order valence-electron chi connectivity index (χ3n) is 5.46. The number of benzene rings is 1. The zero-order valence-corrected chi connectivity index (χ0v) is 16.7. The third kappa shape index (κ3) is 5.68. The molecule has 1 aliphatic carbocycles. The highest BCUT2D eigenvalue weighted by Gasteiger charge is 2.39. The topological polar surface area (TPSA) is 131 Å². The van der Waals surface area contributed by atoms with E-state index < -0.39 is 22.7 Å². The molecule has 0 aromatic heterocycles. The molecule has 1 saturated heterocycles. The molecule has 1 saturated carbocycles. The van der Waals surface area contributed by atoms with Crippen molar-refractivity contribution >= 4 is 29.2 Å². The lowest BCUT2D eigenvalue weighted by atomic mass is 10.1. The van der Waals surface area contributed by atoms with E-state index in [9.17, 15) is 24.5 Å². The Bertz CT molecular complexity index is 791. The van der Waals surface area contributed by atoms with Gasteiger partial charge in [-0.15, -0.1) is 0 Å². The minimum atomic E-state index is -0.511. The van der Waals surface area contributed by atoms with Gasteiger partial charge in [0, 0.05) is 49.9 Å². The van der Waals surface area contributed by atoms with E-state index in [1.54, 1.807) is 17.0 Å². The summed E-state index contributed by atoms with van der Waals surface area (Å²) in [6, 6.07) is 6.19. The molecule has 162 valence electrons. The number of nitro benzene ring substituents is 1. The zero-order valence-electron chi connectivity index (χ0n) is 16.7. The standard InChI is InChI=1S/C20H26N4O6/c25-18(22-10-9-21-15-5-7-17(8-6-15)24(28)29)13-30-20(27)14-11-19(26)23(12-14)16-3-1-2-4-16/h5-8,14,16,21H,1-4,9-13H2,(H,22,25)/t14-/m0/s1. The predicted octanol–water partition coefficient (Wildman–Crippen LogP) is 1.46. The second-order valence-corrected chi connectivity index (χ2v) is 7.57. The number of amides is 2. The van der Waals surface area contributed by atoms with Gasteiger partial charge in [-0.1, -0.05) is 12.8 Å². The summed E-state index contributed by atoms with van der Waals surface area (Å²) >= 11 is 0. The number of hydrogen-bond acceptors (Lipinski definition) is 7. The third-order valence-corrected chi connectivity index (χ3v) is 5.46. The van der Waals surface area contributed by atoms with Gasteiger partial charge in [0.2, 0.25) is 5.91 Å². The van der Waals surface area contributed by atoms with Gasteiger partial charge >= 0.3 is 5.97 Å². The summed E-state index contributed by atoms with van der Waals surface area (Å²) in [5.41, 5.74) is 0.699. The summed E-state index contributed by atoms with van der Waals surface area (Å²) in [6.07, 6.45) is 4.36. The largest absolute Gasteiger partial charge is 0.455 e. The molecule has 0 radical (unpaired) electrons. The molecule has 30 heavy (non-hydrogen) atoms. The van der Waals surface area contributed by atoms with Crippen LogP contribution in [0.15, 0.2) is 24.3 Å². The lowest BCUT2D eigenvalue weighted by Gasteiger charge is -2.23. The van der Waals surface area contributed by atoms with Crippen LogP contribution in [-0.4, -0.2) is 59.9 Å². The SMILES string of the molecule is O=C(COC(=O)[C@H]1CC(=O)N(C2CCCC2)C1)NCCNc1ccc([N+](=O)[O-])cc1. The number of rotatable bonds is 9. The van der Waals surface area contributed by atoms with Gasteiger partial charge in [-0.2, -0.15) is 0 Å². The van der Waals surface area contributed by atoms with Crippen molar-refractivity contribution in [1.82, 2.24) is 10.2 Å². The molecule has 0 bridgehead atoms. The van der Waals surface area contributed by atoms with Gasteiger partial charge < -0.3 is 20.3 Å². The van der Waals surface area contributed by atoms with E-state index >= 15 is 0 Å². The molecule has 2 amide bonds. The summed E-state index contributed by atoms with van der Waals surface area (Å²) in [6.45, 7) is 0.698. The monoisotopic (exact) mass is 418 g/mol. The second-order valence-electron chi connectivity index (χ2n) is 7.57. The molecule has 2 aliphatic rings. The van der Waals surface area contributed by atoms with Crippen LogP contribution >= 0.6 is 0 Å². The van der Waals surface area contributed by atoms with Crippen LogP contribution in [0.3, 0.4) is 0 Å². The molecular formula is C20H26N4O6. The molecule has 10 nitrogen and oxygen atoms in total. The molecule has 0 spiro atoms. The van der Waals surface area contributed by atoms with Crippen LogP contribution in [0.2, 0.25) is 0 Å². The number of carbonyl (C=O) groups excluding carboxylic acids is 3. The van der Waals surface area contributed by atoms with Gasteiger partial charge in [0.25, 0.3) is 11.6 Å². The molecule has 2 fully saturated rings. The summed E-state index contributed by atoms with van der Waals surface area (Å²) < 4.78 is 5.08. The number of likely N-dealkylation sites (tertiary alicyclic amines) is 1. The van der Waals surface area contributed by atoms with Crippen molar-refractivity contribution < 1.29 is 24.0 Å². The number of nitrogens with one attached hydrogen (secondary N) is 2. The number of hydrogen-bond donors (Lipinski definition) is 2. The zero-order chi connectivity index (χ0) is 21.5. The maximum Gasteiger partial charge on any atom is 0.311 e. The van der Waals surface area contributed by atoms with Crippen LogP contribution in [0.5, 0.6) is 0 Å².